The number of ether oxygens (including phenoxy) is 1. The van der Waals surface area contributed by atoms with Crippen molar-refractivity contribution in [3.05, 3.63) is 29.3 Å². The third kappa shape index (κ3) is 4.14. The summed E-state index contributed by atoms with van der Waals surface area (Å²) in [4.78, 5) is 10.9. The quantitative estimate of drug-likeness (QED) is 0.396. The first kappa shape index (κ1) is 25.8. The topological polar surface area (TPSA) is 66.8 Å². The molecule has 0 atom stereocenters. The van der Waals surface area contributed by atoms with Crippen LogP contribution < -0.4 is 4.74 Å². The minimum Gasteiger partial charge on any atom is -0.427 e. The molecule has 0 aliphatic rings. The molecule has 1 aromatic rings. The van der Waals surface area contributed by atoms with Crippen molar-refractivity contribution in [1.29, 1.82) is 0 Å². The molecule has 1 aromatic carbocycles. The fourth-order valence-corrected chi connectivity index (χ4v) is 2.22. The minimum atomic E-state index is -6.70. The van der Waals surface area contributed by atoms with E-state index in [-0.39, 0.29) is 0 Å². The van der Waals surface area contributed by atoms with E-state index in [0.29, 0.717) is 6.92 Å². The molecular formula is C14H8F12O4. The van der Waals surface area contributed by atoms with Gasteiger partial charge in [-0.1, -0.05) is 0 Å². The molecule has 0 aliphatic heterocycles. The van der Waals surface area contributed by atoms with Gasteiger partial charge in [-0.05, 0) is 18.2 Å². The minimum absolute atomic E-state index is 0.445. The molecular weight excluding hydrogens is 460 g/mol. The molecule has 0 saturated heterocycles. The van der Waals surface area contributed by atoms with Crippen LogP contribution in [0.25, 0.3) is 0 Å². The van der Waals surface area contributed by atoms with Gasteiger partial charge >= 0.3 is 30.7 Å². The average Bonchev–Trinajstić information content (AvgIpc) is 2.47. The Morgan fingerprint density at radius 2 is 0.933 bits per heavy atom. The standard InChI is InChI=1S/C14H8F12O4/c1-5(27)30-8-3-6(9(28,11(15,16)17)12(18,19)20)2-7(4-8)10(29,13(21,22)23)14(24,25)26/h2-4,28-29H,1H3. The van der Waals surface area contributed by atoms with Crippen LogP contribution in [0.15, 0.2) is 18.2 Å². The van der Waals surface area contributed by atoms with Crippen LogP contribution in [0.4, 0.5) is 52.7 Å². The van der Waals surface area contributed by atoms with Gasteiger partial charge in [0.05, 0.1) is 0 Å². The number of halogens is 12. The zero-order chi connectivity index (χ0) is 24.1. The Labute approximate surface area is 157 Å². The van der Waals surface area contributed by atoms with Gasteiger partial charge in [0.15, 0.2) is 0 Å². The van der Waals surface area contributed by atoms with Crippen molar-refractivity contribution >= 4 is 5.97 Å². The van der Waals surface area contributed by atoms with Crippen molar-refractivity contribution < 1.29 is 72.4 Å². The number of carbonyl (C=O) groups excluding carboxylic acids is 1. The Hall–Kier alpha value is -2.23. The van der Waals surface area contributed by atoms with E-state index in [2.05, 4.69) is 4.74 Å². The van der Waals surface area contributed by atoms with Crippen molar-refractivity contribution in [2.24, 2.45) is 0 Å². The highest BCUT2D eigenvalue weighted by Crippen LogP contribution is 2.54. The molecule has 0 aromatic heterocycles. The summed E-state index contributed by atoms with van der Waals surface area (Å²) in [6.45, 7) is 0.464. The van der Waals surface area contributed by atoms with Crippen molar-refractivity contribution in [3.8, 4) is 5.75 Å². The highest BCUT2D eigenvalue weighted by atomic mass is 19.4. The second-order valence-electron chi connectivity index (χ2n) is 5.75. The molecule has 2 N–H and O–H groups in total. The summed E-state index contributed by atoms with van der Waals surface area (Å²) < 4.78 is 160. The highest BCUT2D eigenvalue weighted by Gasteiger charge is 2.74. The van der Waals surface area contributed by atoms with Crippen LogP contribution in [0.5, 0.6) is 5.75 Å². The number of esters is 1. The molecule has 0 fully saturated rings. The monoisotopic (exact) mass is 468 g/mol. The smallest absolute Gasteiger partial charge is 0.427 e. The maximum atomic E-state index is 13.0. The van der Waals surface area contributed by atoms with E-state index in [1.54, 1.807) is 0 Å². The lowest BCUT2D eigenvalue weighted by molar-refractivity contribution is -0.378. The van der Waals surface area contributed by atoms with Crippen molar-refractivity contribution in [1.82, 2.24) is 0 Å². The molecule has 4 nitrogen and oxygen atoms in total. The molecule has 0 aliphatic carbocycles. The third-order valence-electron chi connectivity index (χ3n) is 3.64. The zero-order valence-electron chi connectivity index (χ0n) is 14.0. The molecule has 1 rings (SSSR count). The summed E-state index contributed by atoms with van der Waals surface area (Å²) in [5.41, 5.74) is -17.2. The van der Waals surface area contributed by atoms with Gasteiger partial charge in [-0.15, -0.1) is 0 Å². The predicted molar refractivity (Wildman–Crippen MR) is 69.8 cm³/mol. The van der Waals surface area contributed by atoms with E-state index in [0.717, 1.165) is 0 Å². The molecule has 0 bridgehead atoms. The van der Waals surface area contributed by atoms with Crippen LogP contribution in [0, 0.1) is 0 Å². The number of carbonyl (C=O) groups is 1. The Bertz CT molecular complexity index is 719. The summed E-state index contributed by atoms with van der Waals surface area (Å²) in [7, 11) is 0. The van der Waals surface area contributed by atoms with Crippen molar-refractivity contribution in [2.45, 2.75) is 42.8 Å². The van der Waals surface area contributed by atoms with Crippen LogP contribution in [0.3, 0.4) is 0 Å². The summed E-state index contributed by atoms with van der Waals surface area (Å²) >= 11 is 0. The maximum Gasteiger partial charge on any atom is 0.430 e. The number of hydrogen-bond donors (Lipinski definition) is 2. The lowest BCUT2D eigenvalue weighted by Crippen LogP contribution is -2.55. The number of rotatable bonds is 3. The van der Waals surface area contributed by atoms with Crippen LogP contribution in [-0.2, 0) is 16.0 Å². The normalized spacial score (nSPS) is 14.6. The first-order chi connectivity index (χ1) is 13.0. The molecule has 0 heterocycles. The molecule has 0 spiro atoms. The summed E-state index contributed by atoms with van der Waals surface area (Å²) in [5.74, 6) is -3.24. The number of hydrogen-bond acceptors (Lipinski definition) is 4. The molecule has 16 heteroatoms. The Morgan fingerprint density at radius 3 is 1.13 bits per heavy atom. The molecule has 0 unspecified atom stereocenters. The van der Waals surface area contributed by atoms with Gasteiger partial charge in [0.25, 0.3) is 11.2 Å². The second kappa shape index (κ2) is 7.18. The molecule has 0 saturated carbocycles. The van der Waals surface area contributed by atoms with Crippen LogP contribution in [-0.4, -0.2) is 40.9 Å². The van der Waals surface area contributed by atoms with E-state index in [1.165, 1.54) is 0 Å². The van der Waals surface area contributed by atoms with E-state index in [1.807, 2.05) is 0 Å². The van der Waals surface area contributed by atoms with Gasteiger partial charge in [0, 0.05) is 18.1 Å². The van der Waals surface area contributed by atoms with Crippen LogP contribution >= 0.6 is 0 Å². The van der Waals surface area contributed by atoms with Gasteiger partial charge in [-0.2, -0.15) is 52.7 Å². The maximum absolute atomic E-state index is 13.0. The predicted octanol–water partition coefficient (Wildman–Crippen LogP) is 4.24. The largest absolute Gasteiger partial charge is 0.430 e. The lowest BCUT2D eigenvalue weighted by Gasteiger charge is -2.36. The van der Waals surface area contributed by atoms with Gasteiger partial charge < -0.3 is 14.9 Å². The lowest BCUT2D eigenvalue weighted by atomic mass is 9.85. The van der Waals surface area contributed by atoms with Crippen molar-refractivity contribution in [3.63, 3.8) is 0 Å². The highest BCUT2D eigenvalue weighted by molar-refractivity contribution is 5.69. The van der Waals surface area contributed by atoms with Gasteiger partial charge in [0.1, 0.15) is 5.75 Å². The third-order valence-corrected chi connectivity index (χ3v) is 3.64. The number of alkyl halides is 12. The number of aliphatic hydroxyl groups is 2. The van der Waals surface area contributed by atoms with Gasteiger partial charge in [-0.3, -0.25) is 4.79 Å². The van der Waals surface area contributed by atoms with E-state index >= 15 is 0 Å². The first-order valence-corrected chi connectivity index (χ1v) is 7.06. The average molecular weight is 468 g/mol. The van der Waals surface area contributed by atoms with E-state index in [9.17, 15) is 67.7 Å². The zero-order valence-corrected chi connectivity index (χ0v) is 14.0. The number of benzene rings is 1. The van der Waals surface area contributed by atoms with Crippen molar-refractivity contribution in [2.75, 3.05) is 0 Å². The van der Waals surface area contributed by atoms with Crippen LogP contribution in [0.2, 0.25) is 0 Å². The van der Waals surface area contributed by atoms with E-state index in [4.69, 9.17) is 0 Å². The fraction of sp³-hybridized carbons (Fsp3) is 0.500. The van der Waals surface area contributed by atoms with E-state index < -0.39 is 77.0 Å². The Kier molecular flexibility index (Phi) is 6.17. The first-order valence-electron chi connectivity index (χ1n) is 7.06. The van der Waals surface area contributed by atoms with Crippen LogP contribution in [0.1, 0.15) is 18.1 Å². The van der Waals surface area contributed by atoms with Gasteiger partial charge in [0.2, 0.25) is 0 Å². The fourth-order valence-electron chi connectivity index (χ4n) is 2.22. The molecule has 30 heavy (non-hydrogen) atoms. The van der Waals surface area contributed by atoms with Gasteiger partial charge in [-0.25, -0.2) is 0 Å². The molecule has 0 amide bonds. The molecule has 0 radical (unpaired) electrons. The second-order valence-corrected chi connectivity index (χ2v) is 5.75. The Morgan fingerprint density at radius 1 is 0.667 bits per heavy atom. The SMILES string of the molecule is CC(=O)Oc1cc(C(O)(C(F)(F)F)C(F)(F)F)cc(C(O)(C(F)(F)F)C(F)(F)F)c1. The molecule has 172 valence electrons. The Balaban J connectivity index is 4.10. The summed E-state index contributed by atoms with van der Waals surface area (Å²) in [6, 6.07) is -1.88. The summed E-state index contributed by atoms with van der Waals surface area (Å²) in [5, 5.41) is 18.6. The summed E-state index contributed by atoms with van der Waals surface area (Å²) in [6.07, 6.45) is -26.8.